The predicted molar refractivity (Wildman–Crippen MR) is 79.8 cm³/mol. The molecule has 0 saturated heterocycles. The monoisotopic (exact) mass is 298 g/mol. The van der Waals surface area contributed by atoms with Crippen LogP contribution in [-0.4, -0.2) is 17.0 Å². The second-order valence-corrected chi connectivity index (χ2v) is 5.81. The second kappa shape index (κ2) is 5.85. The number of aromatic nitrogens is 1. The minimum atomic E-state index is -0.0118. The largest absolute Gasteiger partial charge is 0.354 e. The van der Waals surface area contributed by atoms with E-state index in [1.807, 2.05) is 22.9 Å². The molecule has 2 rings (SSSR count). The molecule has 0 bridgehead atoms. The third-order valence-electron chi connectivity index (χ3n) is 2.82. The van der Waals surface area contributed by atoms with Crippen LogP contribution >= 0.6 is 23.2 Å². The Morgan fingerprint density at radius 2 is 2.11 bits per heavy atom. The van der Waals surface area contributed by atoms with Gasteiger partial charge in [-0.1, -0.05) is 37.0 Å². The summed E-state index contributed by atoms with van der Waals surface area (Å²) in [5.41, 5.74) is 0.872. The number of hydrogen-bond acceptors (Lipinski definition) is 1. The highest BCUT2D eigenvalue weighted by Crippen LogP contribution is 2.28. The highest BCUT2D eigenvalue weighted by molar-refractivity contribution is 6.38. The summed E-state index contributed by atoms with van der Waals surface area (Å²) in [5, 5.41) is 4.96. The number of carbonyl (C=O) groups excluding carboxylic acids is 1. The van der Waals surface area contributed by atoms with Crippen LogP contribution < -0.4 is 5.32 Å². The molecule has 102 valence electrons. The summed E-state index contributed by atoms with van der Waals surface area (Å²) >= 11 is 12.1. The Morgan fingerprint density at radius 1 is 1.37 bits per heavy atom. The normalized spacial score (nSPS) is 11.2. The highest BCUT2D eigenvalue weighted by atomic mass is 35.5. The molecule has 0 aliphatic carbocycles. The summed E-state index contributed by atoms with van der Waals surface area (Å²) in [4.78, 5) is 11.8. The van der Waals surface area contributed by atoms with Gasteiger partial charge in [-0.2, -0.15) is 0 Å². The molecule has 1 aromatic heterocycles. The van der Waals surface area contributed by atoms with E-state index >= 15 is 0 Å². The zero-order valence-corrected chi connectivity index (χ0v) is 12.4. The van der Waals surface area contributed by atoms with Gasteiger partial charge in [0, 0.05) is 23.2 Å². The van der Waals surface area contributed by atoms with Gasteiger partial charge in [-0.3, -0.25) is 4.79 Å². The molecule has 0 spiro atoms. The van der Waals surface area contributed by atoms with Gasteiger partial charge in [-0.15, -0.1) is 0 Å². The number of halogens is 2. The van der Waals surface area contributed by atoms with Gasteiger partial charge >= 0.3 is 0 Å². The molecule has 0 fully saturated rings. The van der Waals surface area contributed by atoms with Crippen molar-refractivity contribution in [1.29, 1.82) is 0 Å². The van der Waals surface area contributed by atoms with E-state index in [4.69, 9.17) is 23.2 Å². The topological polar surface area (TPSA) is 34.0 Å². The van der Waals surface area contributed by atoms with Crippen LogP contribution in [0.15, 0.2) is 24.4 Å². The summed E-state index contributed by atoms with van der Waals surface area (Å²) in [6.07, 6.45) is 1.85. The fourth-order valence-electron chi connectivity index (χ4n) is 1.89. The minimum Gasteiger partial charge on any atom is -0.354 e. The van der Waals surface area contributed by atoms with Gasteiger partial charge in [0.1, 0.15) is 6.54 Å². The molecule has 0 aliphatic heterocycles. The Hall–Kier alpha value is -1.19. The van der Waals surface area contributed by atoms with Crippen LogP contribution in [-0.2, 0) is 11.3 Å². The van der Waals surface area contributed by atoms with Crippen LogP contribution in [0.25, 0.3) is 10.9 Å². The number of fused-ring (bicyclic) bond motifs is 1. The number of carbonyl (C=O) groups is 1. The maximum absolute atomic E-state index is 11.8. The van der Waals surface area contributed by atoms with E-state index < -0.39 is 0 Å². The van der Waals surface area contributed by atoms with Crippen molar-refractivity contribution < 1.29 is 4.79 Å². The molecule has 0 aliphatic rings. The van der Waals surface area contributed by atoms with Crippen LogP contribution in [0.2, 0.25) is 10.0 Å². The third kappa shape index (κ3) is 3.43. The van der Waals surface area contributed by atoms with Crippen molar-refractivity contribution in [3.05, 3.63) is 34.4 Å². The molecular formula is C14H16Cl2N2O. The number of rotatable bonds is 4. The van der Waals surface area contributed by atoms with Crippen molar-refractivity contribution in [2.24, 2.45) is 5.92 Å². The molecular weight excluding hydrogens is 283 g/mol. The maximum atomic E-state index is 11.8. The number of nitrogens with one attached hydrogen (secondary N) is 1. The lowest BCUT2D eigenvalue weighted by Gasteiger charge is -2.09. The van der Waals surface area contributed by atoms with Gasteiger partial charge in [0.2, 0.25) is 5.91 Å². The zero-order valence-electron chi connectivity index (χ0n) is 10.9. The van der Waals surface area contributed by atoms with Gasteiger partial charge < -0.3 is 9.88 Å². The lowest BCUT2D eigenvalue weighted by Crippen LogP contribution is -2.30. The van der Waals surface area contributed by atoms with E-state index in [1.165, 1.54) is 0 Å². The Bertz CT molecular complexity index is 605. The SMILES string of the molecule is CC(C)CNC(=O)Cn1ccc2c(Cl)cc(Cl)cc21. The lowest BCUT2D eigenvalue weighted by molar-refractivity contribution is -0.121. The van der Waals surface area contributed by atoms with Crippen LogP contribution in [0.1, 0.15) is 13.8 Å². The predicted octanol–water partition coefficient (Wildman–Crippen LogP) is 3.72. The first-order valence-corrected chi connectivity index (χ1v) is 6.93. The first-order valence-electron chi connectivity index (χ1n) is 6.18. The lowest BCUT2D eigenvalue weighted by atomic mass is 10.2. The van der Waals surface area contributed by atoms with Gasteiger partial charge in [0.15, 0.2) is 0 Å². The van der Waals surface area contributed by atoms with Gasteiger partial charge in [0.25, 0.3) is 0 Å². The van der Waals surface area contributed by atoms with Gasteiger partial charge in [-0.25, -0.2) is 0 Å². The van der Waals surface area contributed by atoms with Crippen molar-refractivity contribution in [2.45, 2.75) is 20.4 Å². The minimum absolute atomic E-state index is 0.0118. The maximum Gasteiger partial charge on any atom is 0.239 e. The standard InChI is InChI=1S/C14H16Cl2N2O/c1-9(2)7-17-14(19)8-18-4-3-11-12(16)5-10(15)6-13(11)18/h3-6,9H,7-8H2,1-2H3,(H,17,19). The Kier molecular flexibility index (Phi) is 4.38. The summed E-state index contributed by atoms with van der Waals surface area (Å²) in [6, 6.07) is 5.41. The third-order valence-corrected chi connectivity index (χ3v) is 3.36. The van der Waals surface area contributed by atoms with E-state index in [-0.39, 0.29) is 12.5 Å². The van der Waals surface area contributed by atoms with Crippen LogP contribution in [0.4, 0.5) is 0 Å². The number of hydrogen-bond donors (Lipinski definition) is 1. The zero-order chi connectivity index (χ0) is 14.0. The molecule has 0 radical (unpaired) electrons. The van der Waals surface area contributed by atoms with E-state index in [9.17, 15) is 4.79 Å². The van der Waals surface area contributed by atoms with E-state index in [0.29, 0.717) is 22.5 Å². The van der Waals surface area contributed by atoms with Crippen LogP contribution in [0.5, 0.6) is 0 Å². The molecule has 0 atom stereocenters. The number of amides is 1. The molecule has 1 N–H and O–H groups in total. The van der Waals surface area contributed by atoms with Crippen molar-refractivity contribution in [3.8, 4) is 0 Å². The summed E-state index contributed by atoms with van der Waals surface area (Å²) < 4.78 is 1.85. The Balaban J connectivity index is 2.19. The summed E-state index contributed by atoms with van der Waals surface area (Å²) in [6.45, 7) is 5.07. The average Bonchev–Trinajstić information content (AvgIpc) is 2.70. The molecule has 5 heteroatoms. The molecule has 19 heavy (non-hydrogen) atoms. The van der Waals surface area contributed by atoms with Crippen molar-refractivity contribution in [2.75, 3.05) is 6.54 Å². The molecule has 2 aromatic rings. The smallest absolute Gasteiger partial charge is 0.239 e. The summed E-state index contributed by atoms with van der Waals surface area (Å²) in [7, 11) is 0. The molecule has 1 heterocycles. The second-order valence-electron chi connectivity index (χ2n) is 4.96. The van der Waals surface area contributed by atoms with Crippen molar-refractivity contribution in [3.63, 3.8) is 0 Å². The summed E-state index contributed by atoms with van der Waals surface area (Å²) in [5.74, 6) is 0.427. The van der Waals surface area contributed by atoms with E-state index in [1.54, 1.807) is 6.07 Å². The molecule has 1 aromatic carbocycles. The van der Waals surface area contributed by atoms with E-state index in [0.717, 1.165) is 10.9 Å². The van der Waals surface area contributed by atoms with E-state index in [2.05, 4.69) is 19.2 Å². The fourth-order valence-corrected chi connectivity index (χ4v) is 2.43. The molecule has 1 amide bonds. The van der Waals surface area contributed by atoms with Crippen molar-refractivity contribution >= 4 is 40.0 Å². The first kappa shape index (κ1) is 14.2. The van der Waals surface area contributed by atoms with Crippen LogP contribution in [0.3, 0.4) is 0 Å². The quantitative estimate of drug-likeness (QED) is 0.917. The van der Waals surface area contributed by atoms with Crippen molar-refractivity contribution in [1.82, 2.24) is 9.88 Å². The Morgan fingerprint density at radius 3 is 2.79 bits per heavy atom. The average molecular weight is 299 g/mol. The van der Waals surface area contributed by atoms with Gasteiger partial charge in [0.05, 0.1) is 10.5 Å². The van der Waals surface area contributed by atoms with Crippen LogP contribution in [0, 0.1) is 5.92 Å². The fraction of sp³-hybridized carbons (Fsp3) is 0.357. The number of nitrogens with zero attached hydrogens (tertiary/aromatic N) is 1. The number of benzene rings is 1. The molecule has 3 nitrogen and oxygen atoms in total. The molecule has 0 saturated carbocycles. The highest BCUT2D eigenvalue weighted by Gasteiger charge is 2.09. The Labute approximate surface area is 122 Å². The first-order chi connectivity index (χ1) is 8.97. The van der Waals surface area contributed by atoms with Gasteiger partial charge in [-0.05, 0) is 24.1 Å². The molecule has 0 unspecified atom stereocenters.